The van der Waals surface area contributed by atoms with Gasteiger partial charge in [-0.1, -0.05) is 119 Å². The molecule has 0 bridgehead atoms. The smallest absolute Gasteiger partial charge is 0.263 e. The quantitative estimate of drug-likeness (QED) is 0.0558. The van der Waals surface area contributed by atoms with E-state index in [1.165, 1.54) is 41.0 Å². The van der Waals surface area contributed by atoms with E-state index in [0.29, 0.717) is 49.5 Å². The van der Waals surface area contributed by atoms with E-state index >= 15 is 0 Å². The van der Waals surface area contributed by atoms with Crippen LogP contribution in [0.1, 0.15) is 102 Å². The van der Waals surface area contributed by atoms with Gasteiger partial charge >= 0.3 is 0 Å². The first-order valence-electron chi connectivity index (χ1n) is 27.7. The molecule has 5 aromatic carbocycles. The molecule has 9 aromatic rings. The summed E-state index contributed by atoms with van der Waals surface area (Å²) in [6, 6.07) is 11.3. The Labute approximate surface area is 551 Å². The molecule has 0 aliphatic heterocycles. The monoisotopic (exact) mass is 1380 g/mol. The molecule has 0 aliphatic rings. The van der Waals surface area contributed by atoms with Crippen molar-refractivity contribution in [2.45, 2.75) is 106 Å². The van der Waals surface area contributed by atoms with Gasteiger partial charge in [-0.2, -0.15) is 0 Å². The zero-order chi connectivity index (χ0) is 66.4. The number of nitrogens with zero attached hydrogens (tertiary/aromatic N) is 10. The molecule has 0 unspecified atom stereocenters. The first-order valence-corrected chi connectivity index (χ1v) is 30.7. The number of aromatic nitrogens is 8. The van der Waals surface area contributed by atoms with Crippen LogP contribution in [0.5, 0.6) is 23.0 Å². The summed E-state index contributed by atoms with van der Waals surface area (Å²) in [7, 11) is 7.09. The topological polar surface area (TPSA) is 251 Å². The van der Waals surface area contributed by atoms with E-state index in [9.17, 15) is 44.0 Å². The standard InChI is InChI=1S/C17H14Cl2FN3O2.C16H21Cl2N3O2.C14H17Cl2N3O2.C13H15Cl2N3O2/c1-23-13(8-21-7-9-2-4-10(20)5-3-9)22-15-14(17(23)25)11(18)6-12(19)16(15)24;1-5-20(6-2)8-12-19-14-13(16(23)21(12)9(3)4)10(17)7-11(18)15(14)22;1-7(2)19-10(6-18(3)4)17-12-11(14(19)21)8(15)5-9(16)13(12)20;1-6(2)18-9(5-16-3)17-11-10(13(18)20)7(14)4-8(15)12(11)19/h2-6,21,24H,7-8H2,1H3;7,9,22H,5-6,8H2,1-4H3;5,7,20H,6H2,1-4H3;4,6,16,19H,5H2,1-3H3. The summed E-state index contributed by atoms with van der Waals surface area (Å²) < 4.78 is 19.0. The lowest BCUT2D eigenvalue weighted by Gasteiger charge is -2.23. The first-order chi connectivity index (χ1) is 41.8. The van der Waals surface area contributed by atoms with Crippen LogP contribution in [0.2, 0.25) is 40.2 Å². The molecule has 0 saturated heterocycles. The van der Waals surface area contributed by atoms with E-state index in [2.05, 4.69) is 35.5 Å². The van der Waals surface area contributed by atoms with Crippen LogP contribution in [0.4, 0.5) is 4.39 Å². The summed E-state index contributed by atoms with van der Waals surface area (Å²) in [5, 5.41) is 48.1. The molecular formula is C60H67Cl8FN12O8. The summed E-state index contributed by atoms with van der Waals surface area (Å²) in [6.45, 7) is 19.3. The van der Waals surface area contributed by atoms with Crippen LogP contribution in [0, 0.1) is 5.82 Å². The van der Waals surface area contributed by atoms with Crippen LogP contribution in [0.25, 0.3) is 43.6 Å². The molecule has 4 aromatic heterocycles. The third kappa shape index (κ3) is 16.0. The Morgan fingerprint density at radius 1 is 0.483 bits per heavy atom. The van der Waals surface area contributed by atoms with Gasteiger partial charge in [0.2, 0.25) is 0 Å². The van der Waals surface area contributed by atoms with Gasteiger partial charge in [-0.3, -0.25) is 42.3 Å². The van der Waals surface area contributed by atoms with Gasteiger partial charge in [0.05, 0.1) is 87.9 Å². The fourth-order valence-electron chi connectivity index (χ4n) is 9.50. The maximum Gasteiger partial charge on any atom is 0.263 e. The molecule has 6 N–H and O–H groups in total. The van der Waals surface area contributed by atoms with Gasteiger partial charge in [0.1, 0.15) is 51.2 Å². The van der Waals surface area contributed by atoms with Crippen LogP contribution >= 0.6 is 92.8 Å². The van der Waals surface area contributed by atoms with E-state index in [4.69, 9.17) is 92.8 Å². The number of fused-ring (bicyclic) bond motifs is 4. The van der Waals surface area contributed by atoms with Crippen LogP contribution in [0.15, 0.2) is 67.7 Å². The van der Waals surface area contributed by atoms with Gasteiger partial charge in [-0.05, 0) is 118 Å². The maximum atomic E-state index is 12.9. The Morgan fingerprint density at radius 2 is 0.809 bits per heavy atom. The van der Waals surface area contributed by atoms with Crippen molar-refractivity contribution in [3.63, 3.8) is 0 Å². The van der Waals surface area contributed by atoms with Crippen molar-refractivity contribution in [1.29, 1.82) is 0 Å². The first kappa shape index (κ1) is 72.0. The molecule has 89 heavy (non-hydrogen) atoms. The molecule has 9 rings (SSSR count). The van der Waals surface area contributed by atoms with Crippen molar-refractivity contribution in [1.82, 2.24) is 58.6 Å². The largest absolute Gasteiger partial charge is 0.504 e. The molecule has 29 heteroatoms. The number of aromatic hydroxyl groups is 4. The Kier molecular flexibility index (Phi) is 25.0. The lowest BCUT2D eigenvalue weighted by atomic mass is 10.2. The van der Waals surface area contributed by atoms with Crippen molar-refractivity contribution in [2.24, 2.45) is 7.05 Å². The number of benzene rings is 5. The molecule has 478 valence electrons. The predicted molar refractivity (Wildman–Crippen MR) is 357 cm³/mol. The Balaban J connectivity index is 0.000000190. The zero-order valence-electron chi connectivity index (χ0n) is 50.6. The van der Waals surface area contributed by atoms with Crippen molar-refractivity contribution in [3.05, 3.63) is 165 Å². The molecule has 0 spiro atoms. The summed E-state index contributed by atoms with van der Waals surface area (Å²) in [4.78, 5) is 72.4. The normalized spacial score (nSPS) is 11.6. The van der Waals surface area contributed by atoms with E-state index in [0.717, 1.165) is 18.7 Å². The fraction of sp³-hybridized carbons (Fsp3) is 0.367. The van der Waals surface area contributed by atoms with Crippen molar-refractivity contribution < 1.29 is 24.8 Å². The minimum atomic E-state index is -0.374. The van der Waals surface area contributed by atoms with E-state index < -0.39 is 0 Å². The maximum absolute atomic E-state index is 12.9. The summed E-state index contributed by atoms with van der Waals surface area (Å²) in [5.41, 5.74) is 0.202. The lowest BCUT2D eigenvalue weighted by molar-refractivity contribution is 0.279. The molecule has 0 radical (unpaired) electrons. The number of phenols is 4. The Bertz CT molecular complexity index is 4370. The third-order valence-corrected chi connectivity index (χ3v) is 16.2. The predicted octanol–water partition coefficient (Wildman–Crippen LogP) is 13.0. The van der Waals surface area contributed by atoms with E-state index in [1.54, 1.807) is 39.9 Å². The van der Waals surface area contributed by atoms with Crippen molar-refractivity contribution in [2.75, 3.05) is 34.2 Å². The zero-order valence-corrected chi connectivity index (χ0v) is 56.6. The highest BCUT2D eigenvalue weighted by Crippen LogP contribution is 2.39. The molecule has 0 fully saturated rings. The van der Waals surface area contributed by atoms with Gasteiger partial charge in [-0.15, -0.1) is 0 Å². The van der Waals surface area contributed by atoms with Crippen LogP contribution in [-0.4, -0.2) is 103 Å². The number of rotatable bonds is 15. The number of hydrogen-bond donors (Lipinski definition) is 6. The Hall–Kier alpha value is -6.05. The van der Waals surface area contributed by atoms with Gasteiger partial charge in [0.15, 0.2) is 23.0 Å². The molecular weight excluding hydrogens is 1320 g/mol. The molecule has 0 amide bonds. The van der Waals surface area contributed by atoms with Crippen LogP contribution < -0.4 is 32.9 Å². The summed E-state index contributed by atoms with van der Waals surface area (Å²) in [5.74, 6) is 0.850. The highest BCUT2D eigenvalue weighted by molar-refractivity contribution is 6.41. The second-order valence-corrected chi connectivity index (χ2v) is 24.6. The molecule has 0 aliphatic carbocycles. The second-order valence-electron chi connectivity index (χ2n) is 21.4. The highest BCUT2D eigenvalue weighted by Gasteiger charge is 2.24. The lowest BCUT2D eigenvalue weighted by Crippen LogP contribution is -2.32. The van der Waals surface area contributed by atoms with Gasteiger partial charge < -0.3 is 36.0 Å². The molecule has 4 heterocycles. The van der Waals surface area contributed by atoms with E-state index in [-0.39, 0.29) is 160 Å². The van der Waals surface area contributed by atoms with Crippen molar-refractivity contribution >= 4 is 136 Å². The second kappa shape index (κ2) is 30.8. The average Bonchev–Trinajstić information content (AvgIpc) is 1.19. The third-order valence-electron chi connectivity index (χ3n) is 13.8. The number of phenolic OH excluding ortho intramolecular Hbond substituents is 4. The molecule has 0 saturated carbocycles. The van der Waals surface area contributed by atoms with Crippen molar-refractivity contribution in [3.8, 4) is 23.0 Å². The molecule has 20 nitrogen and oxygen atoms in total. The van der Waals surface area contributed by atoms with Gasteiger partial charge in [0.25, 0.3) is 22.2 Å². The van der Waals surface area contributed by atoms with Gasteiger partial charge in [-0.25, -0.2) is 24.3 Å². The number of halogens is 9. The number of nitrogens with one attached hydrogen (secondary N) is 2. The Morgan fingerprint density at radius 3 is 1.15 bits per heavy atom. The van der Waals surface area contributed by atoms with E-state index in [1.807, 2.05) is 74.4 Å². The summed E-state index contributed by atoms with van der Waals surface area (Å²) >= 11 is 48.1. The minimum absolute atomic E-state index is 0.0310. The SMILES string of the molecule is CC(C)n1c(CN(C)C)nc2c(O)c(Cl)cc(Cl)c2c1=O.CCN(CC)Cc1nc2c(O)c(Cl)cc(Cl)c2c(=O)n1C(C)C.CNCc1nc2c(O)c(Cl)cc(Cl)c2c(=O)n1C(C)C.Cn1c(CNCc2ccc(F)cc2)nc2c(O)c(Cl)cc(Cl)c2c1=O. The van der Waals surface area contributed by atoms with Gasteiger partial charge in [0, 0.05) is 31.7 Å². The average molecular weight is 1390 g/mol. The number of hydrogen-bond acceptors (Lipinski definition) is 16. The fourth-order valence-corrected chi connectivity index (χ4v) is 11.6. The highest BCUT2D eigenvalue weighted by atomic mass is 35.5. The summed E-state index contributed by atoms with van der Waals surface area (Å²) in [6.07, 6.45) is 0. The van der Waals surface area contributed by atoms with Crippen LogP contribution in [-0.2, 0) is 39.8 Å². The van der Waals surface area contributed by atoms with Crippen LogP contribution in [0.3, 0.4) is 0 Å². The minimum Gasteiger partial charge on any atom is -0.504 e. The molecule has 0 atom stereocenters.